The minimum atomic E-state index is -2.97. The van der Waals surface area contributed by atoms with Gasteiger partial charge in [-0.1, -0.05) is 6.07 Å². The van der Waals surface area contributed by atoms with Crippen LogP contribution in [0.4, 0.5) is 0 Å². The van der Waals surface area contributed by atoms with Gasteiger partial charge in [-0.15, -0.1) is 0 Å². The number of hydrogen-bond acceptors (Lipinski definition) is 4. The first kappa shape index (κ1) is 15.3. The Kier molecular flexibility index (Phi) is 4.38. The highest BCUT2D eigenvalue weighted by atomic mass is 32.2. The van der Waals surface area contributed by atoms with E-state index in [0.29, 0.717) is 12.2 Å². The van der Waals surface area contributed by atoms with Crippen molar-refractivity contribution in [1.82, 2.24) is 5.32 Å². The zero-order valence-corrected chi connectivity index (χ0v) is 13.3. The number of sulfone groups is 1. The minimum Gasteiger partial charge on any atom is -0.484 e. The topological polar surface area (TPSA) is 72.5 Å². The van der Waals surface area contributed by atoms with E-state index in [1.54, 1.807) is 0 Å². The summed E-state index contributed by atoms with van der Waals surface area (Å²) < 4.78 is 28.2. The molecule has 1 atom stereocenters. The number of amides is 1. The maximum Gasteiger partial charge on any atom is 0.258 e. The molecule has 6 heteroatoms. The minimum absolute atomic E-state index is 0.0393. The fourth-order valence-corrected chi connectivity index (χ4v) is 4.80. The van der Waals surface area contributed by atoms with E-state index in [2.05, 4.69) is 11.4 Å². The van der Waals surface area contributed by atoms with Gasteiger partial charge >= 0.3 is 0 Å². The molecule has 3 rings (SSSR count). The quantitative estimate of drug-likeness (QED) is 0.905. The summed E-state index contributed by atoms with van der Waals surface area (Å²) in [6.45, 7) is -0.0741. The van der Waals surface area contributed by atoms with E-state index in [4.69, 9.17) is 4.74 Å². The number of rotatable bonds is 4. The summed E-state index contributed by atoms with van der Waals surface area (Å²) in [5.41, 5.74) is 2.69. The van der Waals surface area contributed by atoms with Gasteiger partial charge in [0.2, 0.25) is 0 Å². The Balaban J connectivity index is 1.51. The molecule has 1 N–H and O–H groups in total. The number of fused-ring (bicyclic) bond motifs is 1. The second-order valence-corrected chi connectivity index (χ2v) is 8.32. The summed E-state index contributed by atoms with van der Waals surface area (Å²) in [5.74, 6) is 0.635. The van der Waals surface area contributed by atoms with Crippen LogP contribution in [0.1, 0.15) is 30.4 Å². The summed E-state index contributed by atoms with van der Waals surface area (Å²) in [5, 5.41) is 2.72. The van der Waals surface area contributed by atoms with E-state index in [0.717, 1.165) is 12.8 Å². The maximum atomic E-state index is 11.8. The Bertz CT molecular complexity index is 669. The van der Waals surface area contributed by atoms with Crippen LogP contribution in [0.5, 0.6) is 5.75 Å². The molecule has 1 heterocycles. The summed E-state index contributed by atoms with van der Waals surface area (Å²) >= 11 is 0. The lowest BCUT2D eigenvalue weighted by atomic mass is 9.92. The van der Waals surface area contributed by atoms with Crippen molar-refractivity contribution in [2.75, 3.05) is 18.1 Å². The van der Waals surface area contributed by atoms with Crippen molar-refractivity contribution in [3.05, 3.63) is 29.3 Å². The van der Waals surface area contributed by atoms with E-state index in [9.17, 15) is 13.2 Å². The lowest BCUT2D eigenvalue weighted by Gasteiger charge is -2.17. The maximum absolute atomic E-state index is 11.8. The standard InChI is InChI=1S/C16H21NO4S/c18-16(17-14-7-8-22(19,20)11-14)10-21-15-6-5-12-3-1-2-4-13(12)9-15/h5-6,9,14H,1-4,7-8,10-11H2,(H,17,18). The largest absolute Gasteiger partial charge is 0.484 e. The second kappa shape index (κ2) is 6.28. The number of nitrogens with one attached hydrogen (secondary N) is 1. The van der Waals surface area contributed by atoms with Gasteiger partial charge in [-0.3, -0.25) is 4.79 Å². The van der Waals surface area contributed by atoms with Crippen LogP contribution in [0, 0.1) is 0 Å². The molecule has 0 aromatic heterocycles. The first-order valence-corrected chi connectivity index (χ1v) is 9.58. The van der Waals surface area contributed by atoms with Gasteiger partial charge in [0, 0.05) is 6.04 Å². The Labute approximate surface area is 131 Å². The van der Waals surface area contributed by atoms with Crippen LogP contribution in [0.15, 0.2) is 18.2 Å². The molecule has 22 heavy (non-hydrogen) atoms. The van der Waals surface area contributed by atoms with Gasteiger partial charge < -0.3 is 10.1 Å². The normalized spacial score (nSPS) is 22.8. The lowest BCUT2D eigenvalue weighted by Crippen LogP contribution is -2.38. The molecule has 120 valence electrons. The van der Waals surface area contributed by atoms with Crippen LogP contribution < -0.4 is 10.1 Å². The SMILES string of the molecule is O=C(COc1ccc2c(c1)CCCC2)NC1CCS(=O)(=O)C1. The van der Waals surface area contributed by atoms with Crippen LogP contribution in [0.25, 0.3) is 0 Å². The van der Waals surface area contributed by atoms with Crippen LogP contribution in [0.3, 0.4) is 0 Å². The van der Waals surface area contributed by atoms with Crippen LogP contribution in [0.2, 0.25) is 0 Å². The van der Waals surface area contributed by atoms with Gasteiger partial charge in [0.05, 0.1) is 11.5 Å². The molecule has 0 saturated carbocycles. The molecule has 1 unspecified atom stereocenters. The molecule has 1 amide bonds. The van der Waals surface area contributed by atoms with Crippen molar-refractivity contribution in [3.8, 4) is 5.75 Å². The van der Waals surface area contributed by atoms with E-state index in [-0.39, 0.29) is 30.1 Å². The molecule has 1 saturated heterocycles. The molecule has 2 aliphatic rings. The second-order valence-electron chi connectivity index (χ2n) is 6.09. The molecule has 1 fully saturated rings. The summed E-state index contributed by atoms with van der Waals surface area (Å²) in [6, 6.07) is 5.72. The molecule has 1 aliphatic carbocycles. The number of ether oxygens (including phenoxy) is 1. The van der Waals surface area contributed by atoms with Crippen molar-refractivity contribution in [3.63, 3.8) is 0 Å². The zero-order chi connectivity index (χ0) is 15.6. The molecule has 1 aliphatic heterocycles. The number of carbonyl (C=O) groups excluding carboxylic acids is 1. The molecular formula is C16H21NO4S. The van der Waals surface area contributed by atoms with E-state index in [1.807, 2.05) is 12.1 Å². The third-order valence-corrected chi connectivity index (χ3v) is 6.06. The Morgan fingerprint density at radius 2 is 2.00 bits per heavy atom. The van der Waals surface area contributed by atoms with Gasteiger partial charge in [-0.2, -0.15) is 0 Å². The van der Waals surface area contributed by atoms with E-state index in [1.165, 1.54) is 24.0 Å². The van der Waals surface area contributed by atoms with Crippen LogP contribution >= 0.6 is 0 Å². The summed E-state index contributed by atoms with van der Waals surface area (Å²) in [4.78, 5) is 11.8. The summed E-state index contributed by atoms with van der Waals surface area (Å²) in [7, 11) is -2.97. The van der Waals surface area contributed by atoms with Crippen LogP contribution in [-0.4, -0.2) is 38.5 Å². The predicted molar refractivity (Wildman–Crippen MR) is 83.8 cm³/mol. The average molecular weight is 323 g/mol. The van der Waals surface area contributed by atoms with Crippen molar-refractivity contribution < 1.29 is 17.9 Å². The number of carbonyl (C=O) groups is 1. The number of aryl methyl sites for hydroxylation is 2. The first-order valence-electron chi connectivity index (χ1n) is 7.76. The highest BCUT2D eigenvalue weighted by Gasteiger charge is 2.28. The third kappa shape index (κ3) is 3.80. The monoisotopic (exact) mass is 323 g/mol. The van der Waals surface area contributed by atoms with Gasteiger partial charge in [0.1, 0.15) is 5.75 Å². The van der Waals surface area contributed by atoms with E-state index >= 15 is 0 Å². The van der Waals surface area contributed by atoms with Crippen LogP contribution in [-0.2, 0) is 27.5 Å². The third-order valence-electron chi connectivity index (χ3n) is 4.29. The number of hydrogen-bond donors (Lipinski definition) is 1. The highest BCUT2D eigenvalue weighted by molar-refractivity contribution is 7.91. The highest BCUT2D eigenvalue weighted by Crippen LogP contribution is 2.25. The van der Waals surface area contributed by atoms with Crippen molar-refractivity contribution in [2.24, 2.45) is 0 Å². The molecule has 0 bridgehead atoms. The smallest absolute Gasteiger partial charge is 0.258 e. The first-order chi connectivity index (χ1) is 10.5. The Morgan fingerprint density at radius 1 is 1.23 bits per heavy atom. The van der Waals surface area contributed by atoms with Gasteiger partial charge in [-0.05, 0) is 55.4 Å². The Morgan fingerprint density at radius 3 is 2.73 bits per heavy atom. The molecule has 5 nitrogen and oxygen atoms in total. The average Bonchev–Trinajstić information content (AvgIpc) is 2.84. The van der Waals surface area contributed by atoms with Crippen molar-refractivity contribution in [1.29, 1.82) is 0 Å². The van der Waals surface area contributed by atoms with Gasteiger partial charge in [0.25, 0.3) is 5.91 Å². The van der Waals surface area contributed by atoms with Gasteiger partial charge in [0.15, 0.2) is 16.4 Å². The molecule has 1 aromatic rings. The summed E-state index contributed by atoms with van der Waals surface area (Å²) in [6.07, 6.45) is 5.12. The Hall–Kier alpha value is -1.56. The number of benzene rings is 1. The molecule has 1 aromatic carbocycles. The zero-order valence-electron chi connectivity index (χ0n) is 12.5. The van der Waals surface area contributed by atoms with E-state index < -0.39 is 9.84 Å². The lowest BCUT2D eigenvalue weighted by molar-refractivity contribution is -0.123. The molecular weight excluding hydrogens is 302 g/mol. The fraction of sp³-hybridized carbons (Fsp3) is 0.562. The van der Waals surface area contributed by atoms with Crippen molar-refractivity contribution in [2.45, 2.75) is 38.1 Å². The fourth-order valence-electron chi connectivity index (χ4n) is 3.13. The molecule has 0 spiro atoms. The predicted octanol–water partition coefficient (Wildman–Crippen LogP) is 1.25. The van der Waals surface area contributed by atoms with Crippen molar-refractivity contribution >= 4 is 15.7 Å². The molecule has 0 radical (unpaired) electrons. The van der Waals surface area contributed by atoms with Gasteiger partial charge in [-0.25, -0.2) is 8.42 Å².